The average Bonchev–Trinajstić information content (AvgIpc) is 2.86. The first-order chi connectivity index (χ1) is 9.16. The van der Waals surface area contributed by atoms with Crippen LogP contribution in [0.25, 0.3) is 0 Å². The van der Waals surface area contributed by atoms with Crippen molar-refractivity contribution >= 4 is 11.9 Å². The van der Waals surface area contributed by atoms with Crippen molar-refractivity contribution in [1.82, 2.24) is 20.3 Å². The molecule has 0 atom stereocenters. The highest BCUT2D eigenvalue weighted by molar-refractivity contribution is 5.86. The number of carboxylic acid groups (broad SMARTS) is 1. The molecule has 0 saturated carbocycles. The van der Waals surface area contributed by atoms with Gasteiger partial charge < -0.3 is 10.4 Å². The van der Waals surface area contributed by atoms with E-state index in [1.165, 1.54) is 0 Å². The molecule has 0 aliphatic carbocycles. The molecule has 2 aromatic rings. The van der Waals surface area contributed by atoms with Crippen LogP contribution in [-0.2, 0) is 17.9 Å². The van der Waals surface area contributed by atoms with Gasteiger partial charge in [0, 0.05) is 6.54 Å². The molecule has 1 aromatic heterocycles. The number of rotatable bonds is 5. The van der Waals surface area contributed by atoms with Gasteiger partial charge >= 0.3 is 5.97 Å². The number of carboxylic acids is 1. The number of benzene rings is 1. The van der Waals surface area contributed by atoms with Gasteiger partial charge in [0.05, 0.1) is 6.20 Å². The summed E-state index contributed by atoms with van der Waals surface area (Å²) in [4.78, 5) is 22.5. The van der Waals surface area contributed by atoms with Crippen LogP contribution in [0.5, 0.6) is 0 Å². The van der Waals surface area contributed by atoms with E-state index >= 15 is 0 Å². The summed E-state index contributed by atoms with van der Waals surface area (Å²) < 4.78 is 1.04. The van der Waals surface area contributed by atoms with Crippen LogP contribution in [0, 0.1) is 0 Å². The molecule has 2 rings (SSSR count). The van der Waals surface area contributed by atoms with Crippen LogP contribution in [-0.4, -0.2) is 32.0 Å². The van der Waals surface area contributed by atoms with E-state index in [0.29, 0.717) is 6.54 Å². The number of nitrogens with one attached hydrogen (secondary N) is 1. The van der Waals surface area contributed by atoms with Crippen LogP contribution in [0.1, 0.15) is 16.1 Å². The second-order valence-electron chi connectivity index (χ2n) is 3.84. The Hall–Kier alpha value is -2.70. The zero-order valence-electron chi connectivity index (χ0n) is 9.98. The Kier molecular flexibility index (Phi) is 3.87. The number of aromatic carboxylic acids is 1. The Morgan fingerprint density at radius 1 is 1.26 bits per heavy atom. The highest BCUT2D eigenvalue weighted by Crippen LogP contribution is 1.98. The van der Waals surface area contributed by atoms with Crippen molar-refractivity contribution in [2.45, 2.75) is 13.1 Å². The van der Waals surface area contributed by atoms with Gasteiger partial charge in [-0.15, -0.1) is 5.10 Å². The molecule has 1 amide bonds. The predicted molar refractivity (Wildman–Crippen MR) is 65.3 cm³/mol. The maximum absolute atomic E-state index is 11.7. The fourth-order valence-electron chi connectivity index (χ4n) is 1.53. The summed E-state index contributed by atoms with van der Waals surface area (Å²) in [6.45, 7) is 0.214. The molecule has 0 spiro atoms. The molecule has 2 N–H and O–H groups in total. The molecule has 1 aromatic carbocycles. The monoisotopic (exact) mass is 260 g/mol. The van der Waals surface area contributed by atoms with Crippen molar-refractivity contribution in [2.24, 2.45) is 0 Å². The quantitative estimate of drug-likeness (QED) is 0.805. The number of amides is 1. The molecule has 0 unspecified atom stereocenters. The number of hydrogen-bond donors (Lipinski definition) is 2. The molecule has 0 fully saturated rings. The van der Waals surface area contributed by atoms with Gasteiger partial charge in [-0.25, -0.2) is 9.48 Å². The van der Waals surface area contributed by atoms with E-state index in [0.717, 1.165) is 16.4 Å². The number of carbonyl (C=O) groups is 2. The zero-order valence-corrected chi connectivity index (χ0v) is 9.98. The van der Waals surface area contributed by atoms with Gasteiger partial charge in [0.1, 0.15) is 6.54 Å². The molecule has 0 aliphatic rings. The Morgan fingerprint density at radius 2 is 2.00 bits per heavy atom. The van der Waals surface area contributed by atoms with Crippen LogP contribution >= 0.6 is 0 Å². The SMILES string of the molecule is O=C(Cn1nncc1C(=O)O)NCc1ccccc1. The van der Waals surface area contributed by atoms with Crippen LogP contribution < -0.4 is 5.32 Å². The third-order valence-corrected chi connectivity index (χ3v) is 2.46. The lowest BCUT2D eigenvalue weighted by Gasteiger charge is -2.06. The van der Waals surface area contributed by atoms with Gasteiger partial charge in [0.25, 0.3) is 0 Å². The van der Waals surface area contributed by atoms with Gasteiger partial charge in [-0.2, -0.15) is 0 Å². The standard InChI is InChI=1S/C12H12N4O3/c17-11(13-6-9-4-2-1-3-5-9)8-16-10(12(18)19)7-14-15-16/h1-5,7H,6,8H2,(H,13,17)(H,18,19). The Labute approximate surface area is 108 Å². The summed E-state index contributed by atoms with van der Waals surface area (Å²) >= 11 is 0. The van der Waals surface area contributed by atoms with Gasteiger partial charge in [-0.05, 0) is 5.56 Å². The van der Waals surface area contributed by atoms with Gasteiger partial charge in [0.15, 0.2) is 5.69 Å². The van der Waals surface area contributed by atoms with Crippen LogP contribution in [0.4, 0.5) is 0 Å². The minimum absolute atomic E-state index is 0.116. The Bertz CT molecular complexity index is 580. The maximum atomic E-state index is 11.7. The third kappa shape index (κ3) is 3.38. The second-order valence-corrected chi connectivity index (χ2v) is 3.84. The molecule has 0 saturated heterocycles. The third-order valence-electron chi connectivity index (χ3n) is 2.46. The van der Waals surface area contributed by atoms with Crippen LogP contribution in [0.2, 0.25) is 0 Å². The minimum atomic E-state index is -1.17. The Balaban J connectivity index is 1.91. The van der Waals surface area contributed by atoms with Crippen molar-refractivity contribution in [1.29, 1.82) is 0 Å². The first-order valence-electron chi connectivity index (χ1n) is 5.59. The summed E-state index contributed by atoms with van der Waals surface area (Å²) in [5.41, 5.74) is 0.850. The number of hydrogen-bond acceptors (Lipinski definition) is 4. The summed E-state index contributed by atoms with van der Waals surface area (Å²) in [5, 5.41) is 18.5. The second kappa shape index (κ2) is 5.76. The predicted octanol–water partition coefficient (Wildman–Crippen LogP) is 0.293. The van der Waals surface area contributed by atoms with E-state index in [-0.39, 0.29) is 18.1 Å². The van der Waals surface area contributed by atoms with Gasteiger partial charge in [-0.3, -0.25) is 4.79 Å². The zero-order chi connectivity index (χ0) is 13.7. The van der Waals surface area contributed by atoms with Crippen molar-refractivity contribution in [3.05, 3.63) is 47.8 Å². The van der Waals surface area contributed by atoms with Crippen LogP contribution in [0.3, 0.4) is 0 Å². The van der Waals surface area contributed by atoms with Crippen molar-refractivity contribution < 1.29 is 14.7 Å². The average molecular weight is 260 g/mol. The van der Waals surface area contributed by atoms with Crippen molar-refractivity contribution in [3.63, 3.8) is 0 Å². The smallest absolute Gasteiger partial charge is 0.355 e. The Morgan fingerprint density at radius 3 is 2.68 bits per heavy atom. The van der Waals surface area contributed by atoms with E-state index in [1.54, 1.807) is 0 Å². The minimum Gasteiger partial charge on any atom is -0.476 e. The largest absolute Gasteiger partial charge is 0.476 e. The molecular formula is C12H12N4O3. The first kappa shape index (κ1) is 12.7. The summed E-state index contributed by atoms with van der Waals surface area (Å²) in [7, 11) is 0. The fraction of sp³-hybridized carbons (Fsp3) is 0.167. The number of carbonyl (C=O) groups excluding carboxylic acids is 1. The normalized spacial score (nSPS) is 10.1. The molecule has 98 valence electrons. The molecule has 7 nitrogen and oxygen atoms in total. The van der Waals surface area contributed by atoms with Crippen LogP contribution in [0.15, 0.2) is 36.5 Å². The first-order valence-corrected chi connectivity index (χ1v) is 5.59. The van der Waals surface area contributed by atoms with Crippen molar-refractivity contribution in [3.8, 4) is 0 Å². The summed E-state index contributed by atoms with van der Waals surface area (Å²) in [5.74, 6) is -1.49. The molecule has 0 aliphatic heterocycles. The lowest BCUT2D eigenvalue weighted by Crippen LogP contribution is -2.28. The fourth-order valence-corrected chi connectivity index (χ4v) is 1.53. The molecule has 19 heavy (non-hydrogen) atoms. The topological polar surface area (TPSA) is 97.1 Å². The highest BCUT2D eigenvalue weighted by Gasteiger charge is 2.13. The lowest BCUT2D eigenvalue weighted by atomic mass is 10.2. The molecule has 1 heterocycles. The van der Waals surface area contributed by atoms with E-state index in [1.807, 2.05) is 30.3 Å². The number of nitrogens with zero attached hydrogens (tertiary/aromatic N) is 3. The van der Waals surface area contributed by atoms with E-state index < -0.39 is 5.97 Å². The molecule has 7 heteroatoms. The van der Waals surface area contributed by atoms with E-state index in [2.05, 4.69) is 15.6 Å². The van der Waals surface area contributed by atoms with E-state index in [9.17, 15) is 9.59 Å². The number of aromatic nitrogens is 3. The maximum Gasteiger partial charge on any atom is 0.355 e. The van der Waals surface area contributed by atoms with E-state index in [4.69, 9.17) is 5.11 Å². The summed E-state index contributed by atoms with van der Waals surface area (Å²) in [6, 6.07) is 9.42. The highest BCUT2D eigenvalue weighted by atomic mass is 16.4. The van der Waals surface area contributed by atoms with Crippen molar-refractivity contribution in [2.75, 3.05) is 0 Å². The molecule has 0 bridgehead atoms. The van der Waals surface area contributed by atoms with Gasteiger partial charge in [0.2, 0.25) is 5.91 Å². The molecular weight excluding hydrogens is 248 g/mol. The lowest BCUT2D eigenvalue weighted by molar-refractivity contribution is -0.122. The summed E-state index contributed by atoms with van der Waals surface area (Å²) in [6.07, 6.45) is 1.10. The molecule has 0 radical (unpaired) electrons. The van der Waals surface area contributed by atoms with Gasteiger partial charge in [-0.1, -0.05) is 35.5 Å².